The van der Waals surface area contributed by atoms with Crippen LogP contribution in [0.4, 0.5) is 0 Å². The van der Waals surface area contributed by atoms with Crippen molar-refractivity contribution in [2.24, 2.45) is 11.8 Å². The average Bonchev–Trinajstić information content (AvgIpc) is 3.42. The number of rotatable bonds is 15. The van der Waals surface area contributed by atoms with Crippen LogP contribution in [-0.4, -0.2) is 11.6 Å². The van der Waals surface area contributed by atoms with Gasteiger partial charge in [0.15, 0.2) is 0 Å². The van der Waals surface area contributed by atoms with E-state index in [1.165, 1.54) is 48.3 Å². The van der Waals surface area contributed by atoms with Gasteiger partial charge in [-0.2, -0.15) is 0 Å². The second-order valence-electron chi connectivity index (χ2n) is 8.50. The summed E-state index contributed by atoms with van der Waals surface area (Å²) in [4.78, 5) is 28.0. The highest BCUT2D eigenvalue weighted by Gasteiger charge is 2.22. The molecule has 2 aromatic rings. The van der Waals surface area contributed by atoms with Crippen LogP contribution in [0.25, 0.3) is 0 Å². The Bertz CT molecular complexity index is 720. The van der Waals surface area contributed by atoms with E-state index in [4.69, 9.17) is 0 Å². The van der Waals surface area contributed by atoms with Gasteiger partial charge in [0.1, 0.15) is 0 Å². The van der Waals surface area contributed by atoms with Crippen molar-refractivity contribution in [1.29, 1.82) is 0 Å². The topological polar surface area (TPSA) is 34.1 Å². The van der Waals surface area contributed by atoms with Crippen LogP contribution in [-0.2, 0) is 12.8 Å². The lowest BCUT2D eigenvalue weighted by Gasteiger charge is -2.12. The minimum atomic E-state index is -0.360. The molecule has 2 rings (SSSR count). The highest BCUT2D eigenvalue weighted by molar-refractivity contribution is 7.10. The molecule has 0 saturated carbocycles. The predicted molar refractivity (Wildman–Crippen MR) is 131 cm³/mol. The molecule has 0 spiro atoms. The maximum atomic E-state index is 12.8. The molecule has 2 atom stereocenters. The molecule has 0 fully saturated rings. The minimum absolute atomic E-state index is 0.360. The third-order valence-electron chi connectivity index (χ3n) is 6.10. The fraction of sp³-hybridized carbons (Fsp3) is 0.615. The van der Waals surface area contributed by atoms with Gasteiger partial charge in [-0.05, 0) is 36.8 Å². The lowest BCUT2D eigenvalue weighted by molar-refractivity contribution is 0.0817. The standard InChI is InChI=1S/C26H38O2S2/c1-5-9-11-19(7-3)13-23-15-21(17-29-23)25(27)26(28)22-16-24(30-18-22)14-20(8-4)12-10-6-2/h15-20H,5-14H2,1-4H3. The van der Waals surface area contributed by atoms with Crippen molar-refractivity contribution < 1.29 is 9.59 Å². The molecule has 0 aliphatic heterocycles. The van der Waals surface area contributed by atoms with Gasteiger partial charge >= 0.3 is 0 Å². The minimum Gasteiger partial charge on any atom is -0.285 e. The van der Waals surface area contributed by atoms with Crippen molar-refractivity contribution in [1.82, 2.24) is 0 Å². The van der Waals surface area contributed by atoms with E-state index in [1.54, 1.807) is 22.7 Å². The monoisotopic (exact) mass is 446 g/mol. The lowest BCUT2D eigenvalue weighted by Crippen LogP contribution is -2.13. The van der Waals surface area contributed by atoms with Crippen molar-refractivity contribution in [2.45, 2.75) is 91.9 Å². The summed E-state index contributed by atoms with van der Waals surface area (Å²) >= 11 is 3.24. The summed E-state index contributed by atoms with van der Waals surface area (Å²) in [5.41, 5.74) is 1.12. The Morgan fingerprint density at radius 1 is 0.733 bits per heavy atom. The van der Waals surface area contributed by atoms with Crippen LogP contribution in [0.2, 0.25) is 0 Å². The van der Waals surface area contributed by atoms with E-state index in [0.717, 1.165) is 25.7 Å². The normalized spacial score (nSPS) is 13.3. The van der Waals surface area contributed by atoms with Gasteiger partial charge in [-0.3, -0.25) is 9.59 Å². The van der Waals surface area contributed by atoms with Crippen LogP contribution in [0.15, 0.2) is 22.9 Å². The Balaban J connectivity index is 1.98. The molecule has 0 saturated heterocycles. The van der Waals surface area contributed by atoms with E-state index < -0.39 is 0 Å². The molecule has 2 unspecified atom stereocenters. The molecule has 0 aromatic carbocycles. The quantitative estimate of drug-likeness (QED) is 0.203. The summed E-state index contributed by atoms with van der Waals surface area (Å²) in [6.07, 6.45) is 11.8. The van der Waals surface area contributed by atoms with E-state index in [0.29, 0.717) is 23.0 Å². The first-order chi connectivity index (χ1) is 14.5. The molecule has 4 heteroatoms. The van der Waals surface area contributed by atoms with Gasteiger partial charge < -0.3 is 0 Å². The van der Waals surface area contributed by atoms with Gasteiger partial charge in [-0.1, -0.05) is 79.1 Å². The zero-order valence-electron chi connectivity index (χ0n) is 19.2. The molecule has 0 radical (unpaired) electrons. The number of carbonyl (C=O) groups excluding carboxylic acids is 2. The maximum Gasteiger partial charge on any atom is 0.234 e. The number of ketones is 2. The molecule has 0 bridgehead atoms. The molecule has 30 heavy (non-hydrogen) atoms. The Morgan fingerprint density at radius 3 is 1.47 bits per heavy atom. The van der Waals surface area contributed by atoms with E-state index in [9.17, 15) is 9.59 Å². The SMILES string of the molecule is CCCCC(CC)Cc1cc(C(=O)C(=O)c2csc(CC(CC)CCCC)c2)cs1. The van der Waals surface area contributed by atoms with Crippen LogP contribution in [0.1, 0.15) is 110 Å². The van der Waals surface area contributed by atoms with Gasteiger partial charge in [-0.15, -0.1) is 22.7 Å². The van der Waals surface area contributed by atoms with Crippen LogP contribution in [0, 0.1) is 11.8 Å². The molecule has 0 aliphatic rings. The Labute approximate surface area is 191 Å². The van der Waals surface area contributed by atoms with Gasteiger partial charge in [0.2, 0.25) is 11.6 Å². The summed E-state index contributed by atoms with van der Waals surface area (Å²) in [7, 11) is 0. The Kier molecular flexibility index (Phi) is 11.0. The van der Waals surface area contributed by atoms with Crippen molar-refractivity contribution >= 4 is 34.2 Å². The van der Waals surface area contributed by atoms with Crippen molar-refractivity contribution in [2.75, 3.05) is 0 Å². The first kappa shape index (κ1) is 25.0. The van der Waals surface area contributed by atoms with Gasteiger partial charge in [-0.25, -0.2) is 0 Å². The summed E-state index contributed by atoms with van der Waals surface area (Å²) in [6, 6.07) is 3.90. The van der Waals surface area contributed by atoms with Crippen molar-refractivity contribution in [3.63, 3.8) is 0 Å². The first-order valence-electron chi connectivity index (χ1n) is 11.8. The number of hydrogen-bond acceptors (Lipinski definition) is 4. The molecule has 2 nitrogen and oxygen atoms in total. The zero-order chi connectivity index (χ0) is 21.9. The second-order valence-corrected chi connectivity index (χ2v) is 10.5. The number of thiophene rings is 2. The summed E-state index contributed by atoms with van der Waals surface area (Å²) in [6.45, 7) is 8.93. The Morgan fingerprint density at radius 2 is 1.13 bits per heavy atom. The first-order valence-corrected chi connectivity index (χ1v) is 13.5. The van der Waals surface area contributed by atoms with Crippen molar-refractivity contribution in [3.8, 4) is 0 Å². The molecule has 2 aromatic heterocycles. The Hall–Kier alpha value is -1.26. The molecule has 166 valence electrons. The molecular formula is C26H38O2S2. The number of carbonyl (C=O) groups is 2. The van der Waals surface area contributed by atoms with E-state index >= 15 is 0 Å². The smallest absolute Gasteiger partial charge is 0.234 e. The summed E-state index contributed by atoms with van der Waals surface area (Å²) < 4.78 is 0. The highest BCUT2D eigenvalue weighted by Crippen LogP contribution is 2.26. The molecule has 0 amide bonds. The number of hydrogen-bond donors (Lipinski definition) is 0. The number of unbranched alkanes of at least 4 members (excludes halogenated alkanes) is 2. The second kappa shape index (κ2) is 13.2. The zero-order valence-corrected chi connectivity index (χ0v) is 20.8. The third-order valence-corrected chi connectivity index (χ3v) is 8.02. The molecule has 2 heterocycles. The largest absolute Gasteiger partial charge is 0.285 e. The molecule has 0 N–H and O–H groups in total. The van der Waals surface area contributed by atoms with Crippen LogP contribution < -0.4 is 0 Å². The lowest BCUT2D eigenvalue weighted by atomic mass is 9.94. The molecule has 0 aliphatic carbocycles. The van der Waals surface area contributed by atoms with Crippen LogP contribution in [0.3, 0.4) is 0 Å². The van der Waals surface area contributed by atoms with Crippen molar-refractivity contribution in [3.05, 3.63) is 43.8 Å². The number of Topliss-reactive ketones (excluding diaryl/α,β-unsaturated/α-hetero) is 2. The fourth-order valence-corrected chi connectivity index (χ4v) is 5.89. The summed E-state index contributed by atoms with van der Waals surface area (Å²) in [5.74, 6) is 0.616. The van der Waals surface area contributed by atoms with Gasteiger partial charge in [0.05, 0.1) is 0 Å². The van der Waals surface area contributed by atoms with Gasteiger partial charge in [0, 0.05) is 31.6 Å². The maximum absolute atomic E-state index is 12.8. The fourth-order valence-electron chi connectivity index (χ4n) is 3.93. The predicted octanol–water partition coefficient (Wildman–Crippen LogP) is 8.39. The van der Waals surface area contributed by atoms with E-state index in [-0.39, 0.29) is 11.6 Å². The summed E-state index contributed by atoms with van der Waals surface area (Å²) in [5, 5.41) is 3.74. The highest BCUT2D eigenvalue weighted by atomic mass is 32.1. The van der Waals surface area contributed by atoms with Crippen LogP contribution >= 0.6 is 22.7 Å². The average molecular weight is 447 g/mol. The third kappa shape index (κ3) is 7.46. The van der Waals surface area contributed by atoms with E-state index in [1.807, 2.05) is 22.9 Å². The molecular weight excluding hydrogens is 408 g/mol. The van der Waals surface area contributed by atoms with E-state index in [2.05, 4.69) is 27.7 Å². The van der Waals surface area contributed by atoms with Gasteiger partial charge in [0.25, 0.3) is 0 Å². The van der Waals surface area contributed by atoms with Crippen LogP contribution in [0.5, 0.6) is 0 Å².